The van der Waals surface area contributed by atoms with Gasteiger partial charge in [0.2, 0.25) is 0 Å². The van der Waals surface area contributed by atoms with Crippen molar-refractivity contribution in [3.8, 4) is 0 Å². The molecular formula is C15H25N3O3. The first-order valence-electron chi connectivity index (χ1n) is 7.76. The zero-order valence-electron chi connectivity index (χ0n) is 13.0. The highest BCUT2D eigenvalue weighted by molar-refractivity contribution is 5.92. The van der Waals surface area contributed by atoms with Gasteiger partial charge in [-0.25, -0.2) is 0 Å². The lowest BCUT2D eigenvalue weighted by atomic mass is 10.1. The third-order valence-corrected chi connectivity index (χ3v) is 3.70. The third-order valence-electron chi connectivity index (χ3n) is 3.70. The molecule has 0 radical (unpaired) electrons. The highest BCUT2D eigenvalue weighted by atomic mass is 16.5. The Morgan fingerprint density at radius 3 is 2.71 bits per heavy atom. The zero-order chi connectivity index (χ0) is 15.1. The first-order chi connectivity index (χ1) is 10.2. The predicted octanol–water partition coefficient (Wildman–Crippen LogP) is 1.56. The molecule has 2 heterocycles. The average Bonchev–Trinajstić information content (AvgIpc) is 3.00. The number of aryl methyl sites for hydroxylation is 1. The summed E-state index contributed by atoms with van der Waals surface area (Å²) in [4.78, 5) is 14.2. The summed E-state index contributed by atoms with van der Waals surface area (Å²) in [5, 5.41) is 4.27. The van der Waals surface area contributed by atoms with Crippen LogP contribution in [0.15, 0.2) is 12.3 Å². The van der Waals surface area contributed by atoms with Crippen molar-refractivity contribution in [3.63, 3.8) is 0 Å². The molecule has 0 unspecified atom stereocenters. The van der Waals surface area contributed by atoms with E-state index in [0.29, 0.717) is 18.9 Å². The molecule has 1 saturated heterocycles. The summed E-state index contributed by atoms with van der Waals surface area (Å²) in [5.74, 6) is 0.0231. The first kappa shape index (κ1) is 16.0. The van der Waals surface area contributed by atoms with E-state index in [-0.39, 0.29) is 12.0 Å². The van der Waals surface area contributed by atoms with Crippen molar-refractivity contribution >= 4 is 5.91 Å². The van der Waals surface area contributed by atoms with Crippen molar-refractivity contribution in [3.05, 3.63) is 18.0 Å². The minimum atomic E-state index is 0.0231. The van der Waals surface area contributed by atoms with Gasteiger partial charge in [-0.3, -0.25) is 9.48 Å². The first-order valence-corrected chi connectivity index (χ1v) is 7.76. The lowest BCUT2D eigenvalue weighted by Crippen LogP contribution is -2.41. The molecule has 2 rings (SSSR count). The molecule has 1 aliphatic rings. The fraction of sp³-hybridized carbons (Fsp3) is 0.733. The Labute approximate surface area is 126 Å². The summed E-state index contributed by atoms with van der Waals surface area (Å²) in [5.41, 5.74) is 0.535. The number of amides is 1. The SMILES string of the molecule is CCOCCOC1CCN(C(=O)c2ccn(CC)n2)CC1. The van der Waals surface area contributed by atoms with Crippen LogP contribution >= 0.6 is 0 Å². The van der Waals surface area contributed by atoms with Crippen LogP contribution in [0, 0.1) is 0 Å². The fourth-order valence-corrected chi connectivity index (χ4v) is 2.46. The summed E-state index contributed by atoms with van der Waals surface area (Å²) in [6.07, 6.45) is 3.85. The van der Waals surface area contributed by atoms with E-state index in [1.807, 2.05) is 24.9 Å². The number of hydrogen-bond donors (Lipinski definition) is 0. The van der Waals surface area contributed by atoms with E-state index in [4.69, 9.17) is 9.47 Å². The summed E-state index contributed by atoms with van der Waals surface area (Å²) >= 11 is 0. The van der Waals surface area contributed by atoms with Crippen LogP contribution in [0.4, 0.5) is 0 Å². The van der Waals surface area contributed by atoms with Crippen LogP contribution in [-0.4, -0.2) is 59.6 Å². The standard InChI is InChI=1S/C15H25N3O3/c1-3-18-10-7-14(16-18)15(19)17-8-5-13(6-9-17)21-12-11-20-4-2/h7,10,13H,3-6,8-9,11-12H2,1-2H3. The number of carbonyl (C=O) groups excluding carboxylic acids is 1. The molecule has 0 bridgehead atoms. The van der Waals surface area contributed by atoms with E-state index in [1.54, 1.807) is 10.7 Å². The Kier molecular flexibility index (Phi) is 6.20. The molecule has 0 saturated carbocycles. The topological polar surface area (TPSA) is 56.6 Å². The Balaban J connectivity index is 1.74. The molecule has 1 amide bonds. The molecule has 118 valence electrons. The normalized spacial score (nSPS) is 16.4. The maximum absolute atomic E-state index is 12.3. The quantitative estimate of drug-likeness (QED) is 0.716. The highest BCUT2D eigenvalue weighted by Gasteiger charge is 2.25. The van der Waals surface area contributed by atoms with E-state index in [9.17, 15) is 4.79 Å². The van der Waals surface area contributed by atoms with Crippen LogP contribution in [0.1, 0.15) is 37.2 Å². The maximum atomic E-state index is 12.3. The molecule has 1 aliphatic heterocycles. The van der Waals surface area contributed by atoms with E-state index in [0.717, 1.165) is 39.1 Å². The monoisotopic (exact) mass is 295 g/mol. The van der Waals surface area contributed by atoms with Crippen LogP contribution in [0.25, 0.3) is 0 Å². The minimum absolute atomic E-state index is 0.0231. The van der Waals surface area contributed by atoms with Crippen LogP contribution in [0.2, 0.25) is 0 Å². The zero-order valence-corrected chi connectivity index (χ0v) is 13.0. The van der Waals surface area contributed by atoms with Gasteiger partial charge in [-0.1, -0.05) is 0 Å². The summed E-state index contributed by atoms with van der Waals surface area (Å²) in [6, 6.07) is 1.79. The molecule has 1 aromatic rings. The molecule has 0 aromatic carbocycles. The molecule has 6 nitrogen and oxygen atoms in total. The molecular weight excluding hydrogens is 270 g/mol. The molecule has 0 spiro atoms. The molecule has 1 aromatic heterocycles. The number of nitrogens with zero attached hydrogens (tertiary/aromatic N) is 3. The molecule has 1 fully saturated rings. The molecule has 6 heteroatoms. The van der Waals surface area contributed by atoms with Crippen molar-refractivity contribution in [2.45, 2.75) is 39.3 Å². The van der Waals surface area contributed by atoms with Gasteiger partial charge in [-0.15, -0.1) is 0 Å². The number of ether oxygens (including phenoxy) is 2. The second-order valence-corrected chi connectivity index (χ2v) is 5.12. The lowest BCUT2D eigenvalue weighted by molar-refractivity contribution is -0.0183. The minimum Gasteiger partial charge on any atom is -0.379 e. The number of carbonyl (C=O) groups is 1. The molecule has 21 heavy (non-hydrogen) atoms. The van der Waals surface area contributed by atoms with Crippen molar-refractivity contribution in [1.82, 2.24) is 14.7 Å². The van der Waals surface area contributed by atoms with Crippen molar-refractivity contribution in [1.29, 1.82) is 0 Å². The number of likely N-dealkylation sites (tertiary alicyclic amines) is 1. The number of aromatic nitrogens is 2. The molecule has 0 N–H and O–H groups in total. The van der Waals surface area contributed by atoms with Crippen LogP contribution in [0.5, 0.6) is 0 Å². The molecule has 0 aliphatic carbocycles. The number of hydrogen-bond acceptors (Lipinski definition) is 4. The van der Waals surface area contributed by atoms with Gasteiger partial charge < -0.3 is 14.4 Å². The van der Waals surface area contributed by atoms with Gasteiger partial charge in [-0.05, 0) is 32.8 Å². The smallest absolute Gasteiger partial charge is 0.274 e. The van der Waals surface area contributed by atoms with Gasteiger partial charge in [0.25, 0.3) is 5.91 Å². The Hall–Kier alpha value is -1.40. The lowest BCUT2D eigenvalue weighted by Gasteiger charge is -2.31. The fourth-order valence-electron chi connectivity index (χ4n) is 2.46. The third kappa shape index (κ3) is 4.54. The van der Waals surface area contributed by atoms with Gasteiger partial charge in [0.15, 0.2) is 0 Å². The Morgan fingerprint density at radius 2 is 2.10 bits per heavy atom. The van der Waals surface area contributed by atoms with Gasteiger partial charge in [0.05, 0.1) is 19.3 Å². The van der Waals surface area contributed by atoms with Crippen molar-refractivity contribution < 1.29 is 14.3 Å². The second kappa shape index (κ2) is 8.14. The summed E-state index contributed by atoms with van der Waals surface area (Å²) in [7, 11) is 0. The van der Waals surface area contributed by atoms with Crippen molar-refractivity contribution in [2.75, 3.05) is 32.9 Å². The summed E-state index contributed by atoms with van der Waals surface area (Å²) < 4.78 is 12.8. The largest absolute Gasteiger partial charge is 0.379 e. The van der Waals surface area contributed by atoms with Crippen LogP contribution in [0.3, 0.4) is 0 Å². The second-order valence-electron chi connectivity index (χ2n) is 5.12. The van der Waals surface area contributed by atoms with Crippen LogP contribution < -0.4 is 0 Å². The predicted molar refractivity (Wildman–Crippen MR) is 79.3 cm³/mol. The van der Waals surface area contributed by atoms with Crippen molar-refractivity contribution in [2.24, 2.45) is 0 Å². The van der Waals surface area contributed by atoms with Crippen LogP contribution in [-0.2, 0) is 16.0 Å². The average molecular weight is 295 g/mol. The number of rotatable bonds is 7. The van der Waals surface area contributed by atoms with Gasteiger partial charge in [0, 0.05) is 32.4 Å². The van der Waals surface area contributed by atoms with E-state index < -0.39 is 0 Å². The maximum Gasteiger partial charge on any atom is 0.274 e. The number of piperidine rings is 1. The van der Waals surface area contributed by atoms with Gasteiger partial charge in [0.1, 0.15) is 5.69 Å². The Morgan fingerprint density at radius 1 is 1.33 bits per heavy atom. The van der Waals surface area contributed by atoms with Gasteiger partial charge >= 0.3 is 0 Å². The van der Waals surface area contributed by atoms with E-state index in [2.05, 4.69) is 5.10 Å². The molecule has 0 atom stereocenters. The van der Waals surface area contributed by atoms with E-state index in [1.165, 1.54) is 0 Å². The summed E-state index contributed by atoms with van der Waals surface area (Å²) in [6.45, 7) is 8.23. The highest BCUT2D eigenvalue weighted by Crippen LogP contribution is 2.15. The van der Waals surface area contributed by atoms with E-state index >= 15 is 0 Å². The van der Waals surface area contributed by atoms with Gasteiger partial charge in [-0.2, -0.15) is 5.10 Å². The Bertz CT molecular complexity index is 439.